The second-order valence-corrected chi connectivity index (χ2v) is 10.7. The molecular weight excluding hydrogens is 430 g/mol. The van der Waals surface area contributed by atoms with Crippen LogP contribution in [0.15, 0.2) is 24.5 Å². The number of sulfonamides is 1. The normalized spacial score (nSPS) is 19.7. The third kappa shape index (κ3) is 7.99. The number of urea groups is 1. The first-order valence-corrected chi connectivity index (χ1v) is 13.3. The lowest BCUT2D eigenvalue weighted by molar-refractivity contribution is 0.0338. The summed E-state index contributed by atoms with van der Waals surface area (Å²) in [7, 11) is -3.53. The molecule has 1 aromatic rings. The number of carbonyl (C=O) groups excluding carboxylic acids is 1. The average molecular weight is 468 g/mol. The van der Waals surface area contributed by atoms with Crippen LogP contribution in [-0.2, 0) is 21.3 Å². The molecule has 4 N–H and O–H groups in total. The summed E-state index contributed by atoms with van der Waals surface area (Å²) in [6.07, 6.45) is 9.48. The van der Waals surface area contributed by atoms with Crippen LogP contribution in [0, 0.1) is 5.92 Å². The number of ether oxygens (including phenoxy) is 1. The number of nitrogens with one attached hydrogen (secondary N) is 2. The lowest BCUT2D eigenvalue weighted by Gasteiger charge is -2.47. The van der Waals surface area contributed by atoms with Gasteiger partial charge in [0.05, 0.1) is 19.0 Å². The zero-order valence-corrected chi connectivity index (χ0v) is 19.6. The largest absolute Gasteiger partial charge is 0.379 e. The van der Waals surface area contributed by atoms with E-state index in [1.54, 1.807) is 12.4 Å². The summed E-state index contributed by atoms with van der Waals surface area (Å²) in [5, 5.41) is 11.5. The van der Waals surface area contributed by atoms with E-state index in [0.29, 0.717) is 25.3 Å². The Morgan fingerprint density at radius 3 is 2.62 bits per heavy atom. The molecule has 32 heavy (non-hydrogen) atoms. The number of hydrogen-bond acceptors (Lipinski definition) is 6. The molecule has 0 bridgehead atoms. The van der Waals surface area contributed by atoms with Crippen molar-refractivity contribution in [2.75, 3.05) is 38.6 Å². The van der Waals surface area contributed by atoms with Crippen LogP contribution >= 0.6 is 0 Å². The lowest BCUT2D eigenvalue weighted by Crippen LogP contribution is -2.58. The molecule has 0 spiro atoms. The minimum absolute atomic E-state index is 0.0656. The van der Waals surface area contributed by atoms with Crippen molar-refractivity contribution >= 4 is 16.1 Å². The molecule has 10 heteroatoms. The molecule has 1 aliphatic carbocycles. The highest BCUT2D eigenvalue weighted by atomic mass is 32.2. The minimum Gasteiger partial charge on any atom is -0.379 e. The maximum Gasteiger partial charge on any atom is 0.315 e. The molecule has 1 saturated carbocycles. The third-order valence-electron chi connectivity index (χ3n) is 6.68. The van der Waals surface area contributed by atoms with E-state index in [9.17, 15) is 13.2 Å². The molecule has 2 fully saturated rings. The number of rotatable bonds is 12. The molecule has 2 aliphatic rings. The van der Waals surface area contributed by atoms with Crippen LogP contribution in [0.25, 0.3) is 0 Å². The van der Waals surface area contributed by atoms with Crippen LogP contribution in [0.1, 0.15) is 50.5 Å². The Hall–Kier alpha value is -1.75. The van der Waals surface area contributed by atoms with Crippen LogP contribution in [0.4, 0.5) is 4.79 Å². The fraction of sp³-hybridized carbons (Fsp3) is 0.727. The Labute approximate surface area is 191 Å². The molecule has 1 aliphatic heterocycles. The molecule has 1 aromatic heterocycles. The van der Waals surface area contributed by atoms with Crippen molar-refractivity contribution in [3.8, 4) is 0 Å². The predicted octanol–water partition coefficient (Wildman–Crippen LogP) is 1.60. The molecular formula is C22H37N5O4S. The Kier molecular flexibility index (Phi) is 9.27. The maximum absolute atomic E-state index is 12.9. The van der Waals surface area contributed by atoms with Gasteiger partial charge >= 0.3 is 6.03 Å². The van der Waals surface area contributed by atoms with E-state index in [1.165, 1.54) is 0 Å². The van der Waals surface area contributed by atoms with Gasteiger partial charge < -0.3 is 15.4 Å². The van der Waals surface area contributed by atoms with Crippen molar-refractivity contribution in [2.24, 2.45) is 11.1 Å². The Balaban J connectivity index is 1.63. The van der Waals surface area contributed by atoms with E-state index < -0.39 is 15.6 Å². The van der Waals surface area contributed by atoms with E-state index >= 15 is 0 Å². The quantitative estimate of drug-likeness (QED) is 0.429. The summed E-state index contributed by atoms with van der Waals surface area (Å²) in [6.45, 7) is 4.73. The second-order valence-electron chi connectivity index (χ2n) is 8.98. The van der Waals surface area contributed by atoms with Gasteiger partial charge in [0.25, 0.3) is 0 Å². The molecule has 0 aromatic carbocycles. The van der Waals surface area contributed by atoms with Gasteiger partial charge in [0.2, 0.25) is 10.0 Å². The van der Waals surface area contributed by atoms with Gasteiger partial charge in [-0.05, 0) is 62.6 Å². The molecule has 1 atom stereocenters. The molecule has 0 radical (unpaired) electrons. The molecule has 9 nitrogen and oxygen atoms in total. The number of morpholine rings is 1. The number of carbonyl (C=O) groups is 1. The van der Waals surface area contributed by atoms with Crippen LogP contribution < -0.4 is 15.8 Å². The maximum atomic E-state index is 12.9. The average Bonchev–Trinajstić information content (AvgIpc) is 2.71. The van der Waals surface area contributed by atoms with Crippen LogP contribution in [0.5, 0.6) is 0 Å². The highest BCUT2D eigenvalue weighted by Gasteiger charge is 2.42. The van der Waals surface area contributed by atoms with Crippen LogP contribution in [-0.4, -0.2) is 68.5 Å². The van der Waals surface area contributed by atoms with Gasteiger partial charge in [-0.1, -0.05) is 12.5 Å². The SMILES string of the molecule is NS(=O)(=O)CCCC(CCCN1CCOCC1)(NC(=O)NCc1cccnc1)C1CCC1. The first-order chi connectivity index (χ1) is 15.4. The van der Waals surface area contributed by atoms with Crippen molar-refractivity contribution in [3.63, 3.8) is 0 Å². The molecule has 2 heterocycles. The van der Waals surface area contributed by atoms with Crippen molar-refractivity contribution in [2.45, 2.75) is 57.0 Å². The van der Waals surface area contributed by atoms with Gasteiger partial charge in [-0.3, -0.25) is 9.88 Å². The first kappa shape index (κ1) is 24.9. The van der Waals surface area contributed by atoms with Crippen molar-refractivity contribution < 1.29 is 17.9 Å². The van der Waals surface area contributed by atoms with Crippen molar-refractivity contribution in [1.82, 2.24) is 20.5 Å². The fourth-order valence-corrected chi connectivity index (χ4v) is 5.25. The number of nitrogens with two attached hydrogens (primary N) is 1. The van der Waals surface area contributed by atoms with E-state index in [-0.39, 0.29) is 11.8 Å². The van der Waals surface area contributed by atoms with E-state index in [4.69, 9.17) is 9.88 Å². The van der Waals surface area contributed by atoms with Gasteiger partial charge in [0, 0.05) is 37.6 Å². The fourth-order valence-electron chi connectivity index (χ4n) is 4.71. The summed E-state index contributed by atoms with van der Waals surface area (Å²) in [4.78, 5) is 19.4. The Morgan fingerprint density at radius 1 is 1.25 bits per heavy atom. The Bertz CT molecular complexity index is 813. The lowest BCUT2D eigenvalue weighted by atomic mass is 9.66. The van der Waals surface area contributed by atoms with Gasteiger partial charge in [0.1, 0.15) is 0 Å². The third-order valence-corrected chi connectivity index (χ3v) is 7.54. The first-order valence-electron chi connectivity index (χ1n) is 11.6. The van der Waals surface area contributed by atoms with Crippen molar-refractivity contribution in [1.29, 1.82) is 0 Å². The zero-order chi connectivity index (χ0) is 22.9. The summed E-state index contributed by atoms with van der Waals surface area (Å²) < 4.78 is 28.5. The van der Waals surface area contributed by atoms with Crippen LogP contribution in [0.3, 0.4) is 0 Å². The number of amides is 2. The van der Waals surface area contributed by atoms with E-state index in [0.717, 1.165) is 70.5 Å². The summed E-state index contributed by atoms with van der Waals surface area (Å²) in [6, 6.07) is 3.54. The summed E-state index contributed by atoms with van der Waals surface area (Å²) >= 11 is 0. The highest BCUT2D eigenvalue weighted by molar-refractivity contribution is 7.89. The standard InChI is InChI=1S/C22H37N5O4S/c23-32(29,30)16-4-9-22(20-6-1-7-20,8-3-11-27-12-14-31-15-13-27)26-21(28)25-18-19-5-2-10-24-17-19/h2,5,10,17,20H,1,3-4,6-9,11-16,18H2,(H2,23,29,30)(H2,25,26,28). The number of pyridine rings is 1. The number of primary sulfonamides is 1. The summed E-state index contributed by atoms with van der Waals surface area (Å²) in [5.41, 5.74) is 0.507. The molecule has 3 rings (SSSR count). The number of hydrogen-bond donors (Lipinski definition) is 3. The van der Waals surface area contributed by atoms with Gasteiger partial charge in [-0.15, -0.1) is 0 Å². The van der Waals surface area contributed by atoms with E-state index in [2.05, 4.69) is 20.5 Å². The molecule has 1 saturated heterocycles. The van der Waals surface area contributed by atoms with Gasteiger partial charge in [-0.25, -0.2) is 18.4 Å². The van der Waals surface area contributed by atoms with E-state index in [1.807, 2.05) is 12.1 Å². The van der Waals surface area contributed by atoms with Crippen LogP contribution in [0.2, 0.25) is 0 Å². The van der Waals surface area contributed by atoms with Crippen molar-refractivity contribution in [3.05, 3.63) is 30.1 Å². The summed E-state index contributed by atoms with van der Waals surface area (Å²) in [5.74, 6) is 0.293. The Morgan fingerprint density at radius 2 is 2.00 bits per heavy atom. The highest BCUT2D eigenvalue weighted by Crippen LogP contribution is 2.41. The smallest absolute Gasteiger partial charge is 0.315 e. The topological polar surface area (TPSA) is 127 Å². The monoisotopic (exact) mass is 467 g/mol. The van der Waals surface area contributed by atoms with Gasteiger partial charge in [-0.2, -0.15) is 0 Å². The molecule has 2 amide bonds. The molecule has 180 valence electrons. The zero-order valence-electron chi connectivity index (χ0n) is 18.8. The van der Waals surface area contributed by atoms with Gasteiger partial charge in [0.15, 0.2) is 0 Å². The molecule has 1 unspecified atom stereocenters. The minimum atomic E-state index is -3.53. The number of nitrogens with zero attached hydrogens (tertiary/aromatic N) is 2. The second kappa shape index (κ2) is 11.9. The predicted molar refractivity (Wildman–Crippen MR) is 123 cm³/mol. The number of aromatic nitrogens is 1.